The lowest BCUT2D eigenvalue weighted by molar-refractivity contribution is -0.122. The number of carbonyl (C=O) groups is 1. The Balaban J connectivity index is 0.000000654. The maximum Gasteiger partial charge on any atom is 0.329 e. The number of rotatable bonds is 4. The predicted octanol–water partition coefficient (Wildman–Crippen LogP) is 2.76. The number of H-pyrrole nitrogens is 1. The third-order valence-corrected chi connectivity index (χ3v) is 4.05. The van der Waals surface area contributed by atoms with E-state index < -0.39 is 52.8 Å². The Kier molecular flexibility index (Phi) is 7.63. The zero-order valence-corrected chi connectivity index (χ0v) is 18.0. The van der Waals surface area contributed by atoms with Gasteiger partial charge in [-0.2, -0.15) is 0 Å². The van der Waals surface area contributed by atoms with E-state index >= 15 is 0 Å². The number of fused-ring (bicyclic) bond motifs is 1. The molecule has 0 aliphatic heterocycles. The van der Waals surface area contributed by atoms with Crippen LogP contribution in [0.3, 0.4) is 0 Å². The van der Waals surface area contributed by atoms with Gasteiger partial charge in [-0.05, 0) is 52.0 Å². The van der Waals surface area contributed by atoms with E-state index in [0.29, 0.717) is 10.6 Å². The second-order valence-electron chi connectivity index (χ2n) is 8.14. The minimum Gasteiger partial charge on any atom is -0.391 e. The van der Waals surface area contributed by atoms with E-state index in [4.69, 9.17) is 5.11 Å². The summed E-state index contributed by atoms with van der Waals surface area (Å²) in [6, 6.07) is 5.39. The summed E-state index contributed by atoms with van der Waals surface area (Å²) in [5, 5.41) is 10.9. The first-order chi connectivity index (χ1) is 14.8. The highest BCUT2D eigenvalue weighted by Crippen LogP contribution is 2.17. The van der Waals surface area contributed by atoms with Gasteiger partial charge in [0.25, 0.3) is 5.56 Å². The van der Waals surface area contributed by atoms with Crippen LogP contribution in [0.1, 0.15) is 39.3 Å². The van der Waals surface area contributed by atoms with Crippen LogP contribution >= 0.6 is 0 Å². The first-order valence-electron chi connectivity index (χ1n) is 9.65. The average Bonchev–Trinajstić information content (AvgIpc) is 2.64. The summed E-state index contributed by atoms with van der Waals surface area (Å²) < 4.78 is 40.7. The van der Waals surface area contributed by atoms with E-state index in [1.54, 1.807) is 20.8 Å². The lowest BCUT2D eigenvalue weighted by atomic mass is 10.1. The fraction of sp³-hybridized carbons (Fsp3) is 0.318. The lowest BCUT2D eigenvalue weighted by Gasteiger charge is -2.15. The predicted molar refractivity (Wildman–Crippen MR) is 114 cm³/mol. The highest BCUT2D eigenvalue weighted by atomic mass is 19.1. The monoisotopic (exact) mass is 451 g/mol. The normalized spacial score (nSPS) is 12.1. The van der Waals surface area contributed by atoms with Gasteiger partial charge < -0.3 is 15.4 Å². The Morgan fingerprint density at radius 2 is 1.66 bits per heavy atom. The summed E-state index contributed by atoms with van der Waals surface area (Å²) in [5.41, 5.74) is -1.98. The average molecular weight is 451 g/mol. The molecule has 0 fully saturated rings. The molecule has 2 aromatic carbocycles. The van der Waals surface area contributed by atoms with E-state index in [-0.39, 0.29) is 16.5 Å². The van der Waals surface area contributed by atoms with Crippen molar-refractivity contribution in [2.75, 3.05) is 0 Å². The molecule has 0 aliphatic rings. The number of hydrogen-bond acceptors (Lipinski definition) is 4. The van der Waals surface area contributed by atoms with Crippen LogP contribution in [0.15, 0.2) is 46.0 Å². The van der Waals surface area contributed by atoms with Crippen LogP contribution < -0.4 is 16.6 Å². The molecule has 0 saturated carbocycles. The number of nitrogens with one attached hydrogen (secondary N) is 2. The Labute approximate surface area is 181 Å². The molecule has 172 valence electrons. The second-order valence-corrected chi connectivity index (χ2v) is 8.14. The Hall–Kier alpha value is -3.40. The largest absolute Gasteiger partial charge is 0.391 e. The molecule has 10 heteroatoms. The SMILES string of the molecule is CC(C)(C)O.CC(NC(=O)Cn1c(=O)[nH]c2ccc(F)cc2c1=O)c1ccc(F)cc1F. The Morgan fingerprint density at radius 3 is 2.25 bits per heavy atom. The van der Waals surface area contributed by atoms with E-state index in [1.807, 2.05) is 0 Å². The van der Waals surface area contributed by atoms with Gasteiger partial charge in [-0.15, -0.1) is 0 Å². The molecular formula is C22H24F3N3O4. The van der Waals surface area contributed by atoms with Crippen LogP contribution in [0.25, 0.3) is 10.9 Å². The summed E-state index contributed by atoms with van der Waals surface area (Å²) in [5.74, 6) is -2.99. The maximum atomic E-state index is 13.8. The molecule has 3 rings (SSSR count). The maximum absolute atomic E-state index is 13.8. The summed E-state index contributed by atoms with van der Waals surface area (Å²) in [7, 11) is 0. The van der Waals surface area contributed by atoms with E-state index in [2.05, 4.69) is 10.3 Å². The Bertz CT molecular complexity index is 1240. The van der Waals surface area contributed by atoms with Crippen molar-refractivity contribution in [2.45, 2.75) is 45.9 Å². The van der Waals surface area contributed by atoms with Crippen molar-refractivity contribution in [3.8, 4) is 0 Å². The number of carbonyl (C=O) groups excluding carboxylic acids is 1. The van der Waals surface area contributed by atoms with Gasteiger partial charge in [-0.1, -0.05) is 6.07 Å². The first kappa shape index (κ1) is 24.9. The van der Waals surface area contributed by atoms with Crippen molar-refractivity contribution in [1.82, 2.24) is 14.9 Å². The molecule has 1 amide bonds. The molecule has 1 aromatic heterocycles. The first-order valence-corrected chi connectivity index (χ1v) is 9.65. The molecule has 0 radical (unpaired) electrons. The lowest BCUT2D eigenvalue weighted by Crippen LogP contribution is -2.41. The van der Waals surface area contributed by atoms with Gasteiger partial charge in [0.05, 0.1) is 22.5 Å². The Morgan fingerprint density at radius 1 is 1.09 bits per heavy atom. The molecule has 32 heavy (non-hydrogen) atoms. The topological polar surface area (TPSA) is 104 Å². The fourth-order valence-corrected chi connectivity index (χ4v) is 2.73. The van der Waals surface area contributed by atoms with Gasteiger partial charge in [-0.3, -0.25) is 14.2 Å². The molecule has 0 aliphatic carbocycles. The van der Waals surface area contributed by atoms with Crippen LogP contribution in [0.4, 0.5) is 13.2 Å². The number of hydrogen-bond donors (Lipinski definition) is 3. The van der Waals surface area contributed by atoms with Gasteiger partial charge in [0.2, 0.25) is 5.91 Å². The minimum absolute atomic E-state index is 0.0478. The number of nitrogens with zero attached hydrogens (tertiary/aromatic N) is 1. The summed E-state index contributed by atoms with van der Waals surface area (Å²) in [4.78, 5) is 39.0. The smallest absolute Gasteiger partial charge is 0.329 e. The van der Waals surface area contributed by atoms with Crippen molar-refractivity contribution < 1.29 is 23.1 Å². The number of aliphatic hydroxyl groups is 1. The zero-order valence-electron chi connectivity index (χ0n) is 18.0. The van der Waals surface area contributed by atoms with Gasteiger partial charge >= 0.3 is 5.69 Å². The summed E-state index contributed by atoms with van der Waals surface area (Å²) in [6.45, 7) is 6.05. The molecule has 0 bridgehead atoms. The molecule has 1 heterocycles. The molecule has 1 unspecified atom stereocenters. The molecule has 1 atom stereocenters. The van der Waals surface area contributed by atoms with Crippen LogP contribution in [-0.2, 0) is 11.3 Å². The fourth-order valence-electron chi connectivity index (χ4n) is 2.73. The number of halogens is 3. The number of benzene rings is 2. The van der Waals surface area contributed by atoms with Gasteiger partial charge in [0, 0.05) is 11.6 Å². The third kappa shape index (κ3) is 6.81. The van der Waals surface area contributed by atoms with E-state index in [0.717, 1.165) is 18.2 Å². The highest BCUT2D eigenvalue weighted by Gasteiger charge is 2.17. The van der Waals surface area contributed by atoms with Crippen molar-refractivity contribution in [2.24, 2.45) is 0 Å². The number of aromatic nitrogens is 2. The summed E-state index contributed by atoms with van der Waals surface area (Å²) in [6.07, 6.45) is 0. The van der Waals surface area contributed by atoms with Crippen LogP contribution in [0.5, 0.6) is 0 Å². The zero-order chi connectivity index (χ0) is 24.2. The molecule has 3 N–H and O–H groups in total. The van der Waals surface area contributed by atoms with E-state index in [9.17, 15) is 27.6 Å². The molecular weight excluding hydrogens is 427 g/mol. The molecule has 3 aromatic rings. The summed E-state index contributed by atoms with van der Waals surface area (Å²) >= 11 is 0. The van der Waals surface area contributed by atoms with Gasteiger partial charge in [0.15, 0.2) is 0 Å². The second kappa shape index (κ2) is 9.82. The van der Waals surface area contributed by atoms with Crippen molar-refractivity contribution in [3.63, 3.8) is 0 Å². The van der Waals surface area contributed by atoms with Crippen molar-refractivity contribution in [3.05, 3.63) is 80.3 Å². The van der Waals surface area contributed by atoms with Gasteiger partial charge in [-0.25, -0.2) is 18.0 Å². The van der Waals surface area contributed by atoms with Crippen LogP contribution in [-0.4, -0.2) is 26.2 Å². The number of amides is 1. The quantitative estimate of drug-likeness (QED) is 0.567. The molecule has 7 nitrogen and oxygen atoms in total. The van der Waals surface area contributed by atoms with Crippen molar-refractivity contribution >= 4 is 16.8 Å². The van der Waals surface area contributed by atoms with Crippen LogP contribution in [0, 0.1) is 17.5 Å². The van der Waals surface area contributed by atoms with Crippen molar-refractivity contribution in [1.29, 1.82) is 0 Å². The number of aromatic amines is 1. The minimum atomic E-state index is -0.838. The molecule has 0 saturated heterocycles. The standard InChI is InChI=1S/C18H14F3N3O3.C4H10O/c1-9(12-4-2-11(20)7-14(12)21)22-16(25)8-24-17(26)13-6-10(19)3-5-15(13)23-18(24)27;1-4(2,3)5/h2-7,9H,8H2,1H3,(H,22,25)(H,23,27);5H,1-3H3. The third-order valence-electron chi connectivity index (χ3n) is 4.05. The van der Waals surface area contributed by atoms with Gasteiger partial charge in [0.1, 0.15) is 24.0 Å². The van der Waals surface area contributed by atoms with E-state index in [1.165, 1.54) is 19.1 Å². The van der Waals surface area contributed by atoms with Crippen LogP contribution in [0.2, 0.25) is 0 Å². The highest BCUT2D eigenvalue weighted by molar-refractivity contribution is 5.79. The molecule has 0 spiro atoms.